The number of benzene rings is 3. The Balaban J connectivity index is 1.47. The van der Waals surface area contributed by atoms with Crippen LogP contribution in [0.25, 0.3) is 11.1 Å². The number of hydrogen-bond acceptors (Lipinski definition) is 3. The van der Waals surface area contributed by atoms with Crippen LogP contribution in [-0.2, 0) is 16.0 Å². The summed E-state index contributed by atoms with van der Waals surface area (Å²) in [5, 5.41) is 6.85. The van der Waals surface area contributed by atoms with Crippen molar-refractivity contribution in [2.45, 2.75) is 26.7 Å². The van der Waals surface area contributed by atoms with E-state index < -0.39 is 0 Å². The van der Waals surface area contributed by atoms with E-state index in [-0.39, 0.29) is 24.7 Å². The topological polar surface area (TPSA) is 70.6 Å². The maximum atomic E-state index is 12.2. The van der Waals surface area contributed by atoms with Crippen molar-refractivity contribution >= 4 is 23.2 Å². The van der Waals surface area contributed by atoms with Gasteiger partial charge in [0.05, 0.1) is 12.8 Å². The van der Waals surface area contributed by atoms with Crippen molar-refractivity contribution in [3.8, 4) is 11.1 Å². The summed E-state index contributed by atoms with van der Waals surface area (Å²) in [6.07, 6.45) is 0.335. The van der Waals surface area contributed by atoms with Gasteiger partial charge in [0.25, 0.3) is 0 Å². The van der Waals surface area contributed by atoms with Gasteiger partial charge in [0.1, 0.15) is 0 Å². The molecule has 152 valence electrons. The fraction of sp³-hybridized carbons (Fsp3) is 0.160. The molecule has 0 aromatic heterocycles. The molecule has 30 heavy (non-hydrogen) atoms. The Bertz CT molecular complexity index is 1020. The number of nitrogens with zero attached hydrogens (tertiary/aromatic N) is 1. The van der Waals surface area contributed by atoms with E-state index in [0.717, 1.165) is 27.9 Å². The van der Waals surface area contributed by atoms with Crippen LogP contribution in [-0.4, -0.2) is 17.5 Å². The summed E-state index contributed by atoms with van der Waals surface area (Å²) >= 11 is 0. The highest BCUT2D eigenvalue weighted by Crippen LogP contribution is 2.19. The van der Waals surface area contributed by atoms with Crippen LogP contribution in [0.1, 0.15) is 24.5 Å². The Morgan fingerprint density at radius 3 is 2.10 bits per heavy atom. The van der Waals surface area contributed by atoms with Crippen LogP contribution >= 0.6 is 0 Å². The van der Waals surface area contributed by atoms with Crippen molar-refractivity contribution in [3.05, 3.63) is 90.0 Å². The molecule has 3 aromatic rings. The fourth-order valence-electron chi connectivity index (χ4n) is 2.94. The summed E-state index contributed by atoms with van der Waals surface area (Å²) in [5.74, 6) is -0.397. The first kappa shape index (κ1) is 21.0. The monoisotopic (exact) mass is 399 g/mol. The predicted octanol–water partition coefficient (Wildman–Crippen LogP) is 4.73. The largest absolute Gasteiger partial charge is 0.326 e. The maximum Gasteiger partial charge on any atom is 0.244 e. The molecule has 5 nitrogen and oxygen atoms in total. The first-order chi connectivity index (χ1) is 14.5. The van der Waals surface area contributed by atoms with E-state index >= 15 is 0 Å². The second-order valence-corrected chi connectivity index (χ2v) is 7.21. The zero-order chi connectivity index (χ0) is 21.3. The molecule has 0 radical (unpaired) electrons. The summed E-state index contributed by atoms with van der Waals surface area (Å²) in [7, 11) is 0. The van der Waals surface area contributed by atoms with E-state index in [1.54, 1.807) is 6.92 Å². The maximum absolute atomic E-state index is 12.2. The van der Waals surface area contributed by atoms with E-state index in [1.165, 1.54) is 0 Å². The van der Waals surface area contributed by atoms with Crippen molar-refractivity contribution < 1.29 is 9.59 Å². The fourth-order valence-corrected chi connectivity index (χ4v) is 2.94. The van der Waals surface area contributed by atoms with Gasteiger partial charge >= 0.3 is 0 Å². The van der Waals surface area contributed by atoms with Gasteiger partial charge in [-0.05, 0) is 42.7 Å². The summed E-state index contributed by atoms with van der Waals surface area (Å²) < 4.78 is 0. The van der Waals surface area contributed by atoms with E-state index in [0.29, 0.717) is 5.71 Å². The summed E-state index contributed by atoms with van der Waals surface area (Å²) in [6, 6.07) is 25.5. The molecule has 0 unspecified atom stereocenters. The molecule has 0 spiro atoms. The molecular weight excluding hydrogens is 374 g/mol. The van der Waals surface area contributed by atoms with Crippen LogP contribution in [0.5, 0.6) is 0 Å². The molecule has 0 aliphatic heterocycles. The highest BCUT2D eigenvalue weighted by molar-refractivity contribution is 6.05. The number of rotatable bonds is 7. The van der Waals surface area contributed by atoms with Gasteiger partial charge in [0, 0.05) is 11.4 Å². The number of carbonyl (C=O) groups is 2. The summed E-state index contributed by atoms with van der Waals surface area (Å²) in [4.78, 5) is 24.2. The normalized spacial score (nSPS) is 11.1. The number of anilines is 1. The van der Waals surface area contributed by atoms with Gasteiger partial charge in [0.15, 0.2) is 0 Å². The molecule has 3 aromatic carbocycles. The molecule has 0 aliphatic carbocycles. The number of nitrogens with one attached hydrogen (secondary N) is 2. The molecule has 3 rings (SSSR count). The van der Waals surface area contributed by atoms with Crippen molar-refractivity contribution in [1.82, 2.24) is 5.43 Å². The number of aryl methyl sites for hydroxylation is 1. The minimum absolute atomic E-state index is 0.111. The molecule has 5 heteroatoms. The first-order valence-corrected chi connectivity index (χ1v) is 9.82. The van der Waals surface area contributed by atoms with Crippen molar-refractivity contribution in [3.63, 3.8) is 0 Å². The third kappa shape index (κ3) is 6.41. The molecule has 0 heterocycles. The van der Waals surface area contributed by atoms with Crippen LogP contribution in [0.4, 0.5) is 5.69 Å². The Hall–Kier alpha value is -3.73. The zero-order valence-electron chi connectivity index (χ0n) is 17.2. The molecule has 0 fully saturated rings. The predicted molar refractivity (Wildman–Crippen MR) is 121 cm³/mol. The SMILES string of the molecule is C/C(CC(=O)Nc1ccc(C)cc1)=N\NC(=O)Cc1ccc(-c2ccccc2)cc1. The van der Waals surface area contributed by atoms with Crippen molar-refractivity contribution in [1.29, 1.82) is 0 Å². The van der Waals surface area contributed by atoms with Crippen molar-refractivity contribution in [2.24, 2.45) is 5.10 Å². The summed E-state index contributed by atoms with van der Waals surface area (Å²) in [5.41, 5.74) is 8.06. The third-order valence-electron chi connectivity index (χ3n) is 4.55. The van der Waals surface area contributed by atoms with Crippen molar-refractivity contribution in [2.75, 3.05) is 5.32 Å². The van der Waals surface area contributed by atoms with Gasteiger partial charge in [0.2, 0.25) is 11.8 Å². The van der Waals surface area contributed by atoms with Crippen LogP contribution in [0.2, 0.25) is 0 Å². The van der Waals surface area contributed by atoms with E-state index in [9.17, 15) is 9.59 Å². The van der Waals surface area contributed by atoms with E-state index in [1.807, 2.05) is 85.8 Å². The molecule has 0 aliphatic rings. The summed E-state index contributed by atoms with van der Waals surface area (Å²) in [6.45, 7) is 3.70. The molecule has 0 atom stereocenters. The minimum Gasteiger partial charge on any atom is -0.326 e. The standard InChI is InChI=1S/C25H25N3O2/c1-18-8-14-23(15-9-18)26-24(29)16-19(2)27-28-25(30)17-20-10-12-22(13-11-20)21-6-4-3-5-7-21/h3-15H,16-17H2,1-2H3,(H,26,29)(H,28,30)/b27-19+. The first-order valence-electron chi connectivity index (χ1n) is 9.82. The van der Waals surface area contributed by atoms with Crippen LogP contribution in [0.3, 0.4) is 0 Å². The molecular formula is C25H25N3O2. The Morgan fingerprint density at radius 1 is 0.800 bits per heavy atom. The van der Waals surface area contributed by atoms with E-state index in [2.05, 4.69) is 15.8 Å². The lowest BCUT2D eigenvalue weighted by atomic mass is 10.0. The smallest absolute Gasteiger partial charge is 0.244 e. The van der Waals surface area contributed by atoms with Gasteiger partial charge in [-0.2, -0.15) is 5.10 Å². The van der Waals surface area contributed by atoms with Crippen LogP contribution in [0, 0.1) is 6.92 Å². The number of hydrogen-bond donors (Lipinski definition) is 2. The Morgan fingerprint density at radius 2 is 1.43 bits per heavy atom. The van der Waals surface area contributed by atoms with Crippen LogP contribution in [0.15, 0.2) is 84.0 Å². The zero-order valence-corrected chi connectivity index (χ0v) is 17.2. The average Bonchev–Trinajstić information content (AvgIpc) is 2.75. The lowest BCUT2D eigenvalue weighted by Gasteiger charge is -2.06. The quantitative estimate of drug-likeness (QED) is 0.446. The highest BCUT2D eigenvalue weighted by Gasteiger charge is 2.07. The molecule has 0 saturated heterocycles. The second-order valence-electron chi connectivity index (χ2n) is 7.21. The average molecular weight is 399 g/mol. The van der Waals surface area contributed by atoms with Gasteiger partial charge in [-0.15, -0.1) is 0 Å². The van der Waals surface area contributed by atoms with Gasteiger partial charge in [-0.25, -0.2) is 5.43 Å². The molecule has 0 saturated carbocycles. The molecule has 0 bridgehead atoms. The van der Waals surface area contributed by atoms with Gasteiger partial charge in [-0.3, -0.25) is 9.59 Å². The minimum atomic E-state index is -0.222. The lowest BCUT2D eigenvalue weighted by molar-refractivity contribution is -0.120. The molecule has 2 N–H and O–H groups in total. The highest BCUT2D eigenvalue weighted by atomic mass is 16.2. The van der Waals surface area contributed by atoms with Gasteiger partial charge < -0.3 is 5.32 Å². The number of hydrazone groups is 1. The van der Waals surface area contributed by atoms with Gasteiger partial charge in [-0.1, -0.05) is 72.3 Å². The van der Waals surface area contributed by atoms with Crippen LogP contribution < -0.4 is 10.7 Å². The van der Waals surface area contributed by atoms with E-state index in [4.69, 9.17) is 0 Å². The Kier molecular flexibility index (Phi) is 7.11. The lowest BCUT2D eigenvalue weighted by Crippen LogP contribution is -2.22. The number of carbonyl (C=O) groups excluding carboxylic acids is 2. The molecule has 2 amide bonds. The second kappa shape index (κ2) is 10.2. The third-order valence-corrected chi connectivity index (χ3v) is 4.55. The Labute approximate surface area is 176 Å². The number of amides is 2.